The summed E-state index contributed by atoms with van der Waals surface area (Å²) in [6.45, 7) is 1.52. The number of benzene rings is 2. The molecule has 0 aliphatic rings. The lowest BCUT2D eigenvalue weighted by Crippen LogP contribution is -2.46. The first-order chi connectivity index (χ1) is 15.8. The number of H-pyrrole nitrogens is 1. The van der Waals surface area contributed by atoms with E-state index in [-0.39, 0.29) is 22.9 Å². The standard InChI is InChI=1S/C23H19F2N5O3/c1-13(16-8-7-15(24)10-18(16)25)28-21(31)20(9-14-5-3-2-4-6-14)30-22(32)17-11-26-27-12-19(17)29-23(30)33/h2-8,10-13,20H,9H2,1H3,(H,28,31)(H,29,33)/t13-,20?/m1/s1. The molecule has 2 aromatic carbocycles. The summed E-state index contributed by atoms with van der Waals surface area (Å²) in [5.74, 6) is -2.24. The van der Waals surface area contributed by atoms with Crippen molar-refractivity contribution < 1.29 is 13.6 Å². The number of fused-ring (bicyclic) bond motifs is 1. The van der Waals surface area contributed by atoms with Crippen molar-refractivity contribution in [2.75, 3.05) is 0 Å². The zero-order chi connectivity index (χ0) is 23.5. The van der Waals surface area contributed by atoms with E-state index in [0.717, 1.165) is 16.7 Å². The molecular weight excluding hydrogens is 432 g/mol. The van der Waals surface area contributed by atoms with Crippen molar-refractivity contribution in [2.24, 2.45) is 0 Å². The second-order valence-electron chi connectivity index (χ2n) is 7.52. The van der Waals surface area contributed by atoms with Gasteiger partial charge in [-0.15, -0.1) is 0 Å². The highest BCUT2D eigenvalue weighted by Crippen LogP contribution is 2.20. The Morgan fingerprint density at radius 1 is 1.09 bits per heavy atom. The number of hydrogen-bond acceptors (Lipinski definition) is 5. The normalized spacial score (nSPS) is 12.9. The lowest BCUT2D eigenvalue weighted by molar-refractivity contribution is -0.125. The third-order valence-electron chi connectivity index (χ3n) is 5.31. The van der Waals surface area contributed by atoms with Crippen LogP contribution in [-0.2, 0) is 11.2 Å². The highest BCUT2D eigenvalue weighted by Gasteiger charge is 2.27. The molecule has 0 saturated carbocycles. The van der Waals surface area contributed by atoms with Crippen molar-refractivity contribution in [1.82, 2.24) is 25.1 Å². The van der Waals surface area contributed by atoms with E-state index >= 15 is 0 Å². The highest BCUT2D eigenvalue weighted by molar-refractivity contribution is 5.82. The minimum absolute atomic E-state index is 0.0261. The van der Waals surface area contributed by atoms with Crippen molar-refractivity contribution in [2.45, 2.75) is 25.4 Å². The number of carbonyl (C=O) groups is 1. The zero-order valence-corrected chi connectivity index (χ0v) is 17.5. The smallest absolute Gasteiger partial charge is 0.329 e. The fraction of sp³-hybridized carbons (Fsp3) is 0.174. The molecule has 0 aliphatic heterocycles. The molecule has 2 aromatic heterocycles. The molecule has 0 radical (unpaired) electrons. The summed E-state index contributed by atoms with van der Waals surface area (Å²) >= 11 is 0. The maximum atomic E-state index is 14.2. The number of halogens is 2. The molecular formula is C23H19F2N5O3. The monoisotopic (exact) mass is 451 g/mol. The predicted molar refractivity (Wildman–Crippen MR) is 117 cm³/mol. The number of carbonyl (C=O) groups excluding carboxylic acids is 1. The van der Waals surface area contributed by atoms with E-state index in [1.165, 1.54) is 25.4 Å². The summed E-state index contributed by atoms with van der Waals surface area (Å²) in [4.78, 5) is 41.8. The van der Waals surface area contributed by atoms with Crippen molar-refractivity contribution >= 4 is 16.8 Å². The lowest BCUT2D eigenvalue weighted by atomic mass is 10.0. The third-order valence-corrected chi connectivity index (χ3v) is 5.31. The summed E-state index contributed by atoms with van der Waals surface area (Å²) in [6, 6.07) is 9.80. The Morgan fingerprint density at radius 2 is 1.82 bits per heavy atom. The molecule has 4 aromatic rings. The summed E-state index contributed by atoms with van der Waals surface area (Å²) in [5.41, 5.74) is -0.537. The third kappa shape index (κ3) is 4.54. The molecule has 0 fully saturated rings. The number of aromatic amines is 1. The Balaban J connectivity index is 1.76. The second kappa shape index (κ2) is 9.11. The number of nitrogens with zero attached hydrogens (tertiary/aromatic N) is 3. The first-order valence-electron chi connectivity index (χ1n) is 10.1. The molecule has 0 saturated heterocycles. The second-order valence-corrected chi connectivity index (χ2v) is 7.52. The van der Waals surface area contributed by atoms with Crippen molar-refractivity contribution in [3.8, 4) is 0 Å². The quantitative estimate of drug-likeness (QED) is 0.468. The van der Waals surface area contributed by atoms with Crippen LogP contribution in [0.5, 0.6) is 0 Å². The SMILES string of the molecule is C[C@@H](NC(=O)C(Cc1ccccc1)n1c(=O)[nH]c2cnncc2c1=O)c1ccc(F)cc1F. The molecule has 8 nitrogen and oxygen atoms in total. The Labute approximate surface area is 185 Å². The van der Waals surface area contributed by atoms with Gasteiger partial charge < -0.3 is 10.3 Å². The number of nitrogens with one attached hydrogen (secondary N) is 2. The van der Waals surface area contributed by atoms with E-state index in [0.29, 0.717) is 5.56 Å². The van der Waals surface area contributed by atoms with Crippen LogP contribution in [-0.4, -0.2) is 25.7 Å². The molecule has 168 valence electrons. The van der Waals surface area contributed by atoms with Crippen LogP contribution in [0.1, 0.15) is 30.1 Å². The van der Waals surface area contributed by atoms with Crippen LogP contribution >= 0.6 is 0 Å². The first kappa shape index (κ1) is 22.0. The Hall–Kier alpha value is -4.21. The minimum Gasteiger partial charge on any atom is -0.348 e. The minimum atomic E-state index is -1.24. The van der Waals surface area contributed by atoms with Gasteiger partial charge in [0.2, 0.25) is 5.91 Å². The van der Waals surface area contributed by atoms with Gasteiger partial charge in [0.1, 0.15) is 17.7 Å². The number of aromatic nitrogens is 4. The van der Waals surface area contributed by atoms with Gasteiger partial charge in [-0.25, -0.2) is 18.1 Å². The molecule has 1 unspecified atom stereocenters. The molecule has 2 N–H and O–H groups in total. The van der Waals surface area contributed by atoms with Gasteiger partial charge in [-0.1, -0.05) is 36.4 Å². The maximum Gasteiger partial charge on any atom is 0.329 e. The Morgan fingerprint density at radius 3 is 2.55 bits per heavy atom. The largest absolute Gasteiger partial charge is 0.348 e. The van der Waals surface area contributed by atoms with Gasteiger partial charge in [0.15, 0.2) is 0 Å². The molecule has 0 bridgehead atoms. The molecule has 10 heteroatoms. The Kier molecular flexibility index (Phi) is 6.07. The molecule has 0 spiro atoms. The van der Waals surface area contributed by atoms with E-state index in [9.17, 15) is 23.2 Å². The molecule has 4 rings (SSSR count). The molecule has 1 amide bonds. The van der Waals surface area contributed by atoms with Gasteiger partial charge in [-0.3, -0.25) is 9.59 Å². The highest BCUT2D eigenvalue weighted by atomic mass is 19.1. The van der Waals surface area contributed by atoms with Crippen LogP contribution in [0, 0.1) is 11.6 Å². The van der Waals surface area contributed by atoms with Crippen LogP contribution in [0.3, 0.4) is 0 Å². The molecule has 0 aliphatic carbocycles. The summed E-state index contributed by atoms with van der Waals surface area (Å²) in [7, 11) is 0. The lowest BCUT2D eigenvalue weighted by Gasteiger charge is -2.22. The maximum absolute atomic E-state index is 14.2. The van der Waals surface area contributed by atoms with E-state index in [1.807, 2.05) is 0 Å². The number of hydrogen-bond donors (Lipinski definition) is 2. The summed E-state index contributed by atoms with van der Waals surface area (Å²) < 4.78 is 28.3. The summed E-state index contributed by atoms with van der Waals surface area (Å²) in [6.07, 6.45) is 2.48. The topological polar surface area (TPSA) is 110 Å². The van der Waals surface area contributed by atoms with E-state index in [1.54, 1.807) is 30.3 Å². The van der Waals surface area contributed by atoms with Crippen LogP contribution in [0.2, 0.25) is 0 Å². The van der Waals surface area contributed by atoms with Crippen molar-refractivity contribution in [3.63, 3.8) is 0 Å². The predicted octanol–water partition coefficient (Wildman–Crippen LogP) is 2.42. The van der Waals surface area contributed by atoms with Crippen LogP contribution in [0.4, 0.5) is 8.78 Å². The molecule has 2 atom stereocenters. The average Bonchev–Trinajstić information content (AvgIpc) is 2.79. The average molecular weight is 451 g/mol. The van der Waals surface area contributed by atoms with Crippen LogP contribution in [0.15, 0.2) is 70.5 Å². The van der Waals surface area contributed by atoms with Gasteiger partial charge >= 0.3 is 5.69 Å². The Bertz CT molecular complexity index is 1440. The zero-order valence-electron chi connectivity index (χ0n) is 17.5. The van der Waals surface area contributed by atoms with Gasteiger partial charge in [0.05, 0.1) is 29.3 Å². The molecule has 2 heterocycles. The van der Waals surface area contributed by atoms with E-state index in [4.69, 9.17) is 0 Å². The van der Waals surface area contributed by atoms with Crippen LogP contribution in [0.25, 0.3) is 10.9 Å². The van der Waals surface area contributed by atoms with Crippen molar-refractivity contribution in [3.05, 3.63) is 105 Å². The van der Waals surface area contributed by atoms with Gasteiger partial charge in [0.25, 0.3) is 5.56 Å². The fourth-order valence-corrected chi connectivity index (χ4v) is 3.65. The van der Waals surface area contributed by atoms with E-state index in [2.05, 4.69) is 20.5 Å². The van der Waals surface area contributed by atoms with Crippen molar-refractivity contribution in [1.29, 1.82) is 0 Å². The van der Waals surface area contributed by atoms with Gasteiger partial charge in [-0.05, 0) is 18.6 Å². The fourth-order valence-electron chi connectivity index (χ4n) is 3.65. The number of rotatable bonds is 6. The number of amides is 1. The molecule has 33 heavy (non-hydrogen) atoms. The van der Waals surface area contributed by atoms with Crippen LogP contribution < -0.4 is 16.6 Å². The summed E-state index contributed by atoms with van der Waals surface area (Å²) in [5, 5.41) is 10.1. The van der Waals surface area contributed by atoms with Gasteiger partial charge in [-0.2, -0.15) is 10.2 Å². The first-order valence-corrected chi connectivity index (χ1v) is 10.1. The van der Waals surface area contributed by atoms with Gasteiger partial charge in [0, 0.05) is 18.1 Å². The van der Waals surface area contributed by atoms with E-state index < -0.39 is 40.9 Å².